The van der Waals surface area contributed by atoms with E-state index in [1.807, 2.05) is 0 Å². The Balaban J connectivity index is 1.98. The zero-order chi connectivity index (χ0) is 18.8. The first-order chi connectivity index (χ1) is 12.4. The molecule has 2 aromatic carbocycles. The maximum absolute atomic E-state index is 14.3. The third-order valence-electron chi connectivity index (χ3n) is 3.76. The van der Waals surface area contributed by atoms with Crippen molar-refractivity contribution in [2.75, 3.05) is 0 Å². The lowest BCUT2D eigenvalue weighted by Crippen LogP contribution is -2.07. The van der Waals surface area contributed by atoms with Gasteiger partial charge in [-0.25, -0.2) is 18.6 Å². The first-order valence-electron chi connectivity index (χ1n) is 7.51. The van der Waals surface area contributed by atoms with Gasteiger partial charge in [-0.05, 0) is 42.8 Å². The Labute approximate surface area is 157 Å². The molecule has 0 bridgehead atoms. The van der Waals surface area contributed by atoms with Crippen LogP contribution in [0.1, 0.15) is 21.6 Å². The summed E-state index contributed by atoms with van der Waals surface area (Å²) in [6.07, 6.45) is 1.21. The number of aryl methyl sites for hydroxylation is 1. The molecular weight excluding hydrogens is 382 g/mol. The van der Waals surface area contributed by atoms with Crippen LogP contribution in [0.3, 0.4) is 0 Å². The van der Waals surface area contributed by atoms with Crippen molar-refractivity contribution in [1.82, 2.24) is 9.55 Å². The van der Waals surface area contributed by atoms with Gasteiger partial charge in [-0.3, -0.25) is 4.57 Å². The molecule has 26 heavy (non-hydrogen) atoms. The van der Waals surface area contributed by atoms with Gasteiger partial charge in [0.05, 0.1) is 6.20 Å². The molecule has 1 heterocycles. The topological polar surface area (TPSA) is 55.1 Å². The number of aromatic nitrogens is 2. The predicted octanol–water partition coefficient (Wildman–Crippen LogP) is 5.10. The maximum atomic E-state index is 14.3. The summed E-state index contributed by atoms with van der Waals surface area (Å²) in [4.78, 5) is 15.6. The van der Waals surface area contributed by atoms with Gasteiger partial charge in [-0.15, -0.1) is 0 Å². The lowest BCUT2D eigenvalue weighted by molar-refractivity contribution is 0.0687. The minimum atomic E-state index is -1.17. The Hall–Kier alpha value is -2.38. The highest BCUT2D eigenvalue weighted by atomic mass is 35.5. The smallest absolute Gasteiger partial charge is 0.354 e. The average molecular weight is 395 g/mol. The molecule has 0 saturated heterocycles. The number of benzene rings is 2. The summed E-state index contributed by atoms with van der Waals surface area (Å²) in [5.41, 5.74) is 1.16. The van der Waals surface area contributed by atoms with Gasteiger partial charge in [0.25, 0.3) is 0 Å². The molecular formula is C18H13ClF2N2O2S. The highest BCUT2D eigenvalue weighted by molar-refractivity contribution is 7.98. The fraction of sp³-hybridized carbons (Fsp3) is 0.111. The number of carboxylic acids is 1. The molecule has 1 aromatic heterocycles. The van der Waals surface area contributed by atoms with E-state index >= 15 is 0 Å². The van der Waals surface area contributed by atoms with E-state index in [-0.39, 0.29) is 11.4 Å². The molecule has 3 aromatic rings. The van der Waals surface area contributed by atoms with Crippen LogP contribution in [0.15, 0.2) is 47.8 Å². The van der Waals surface area contributed by atoms with Crippen molar-refractivity contribution in [1.29, 1.82) is 0 Å². The zero-order valence-corrected chi connectivity index (χ0v) is 15.1. The van der Waals surface area contributed by atoms with E-state index in [9.17, 15) is 18.7 Å². The molecule has 0 saturated carbocycles. The van der Waals surface area contributed by atoms with Crippen LogP contribution in [-0.2, 0) is 5.75 Å². The number of imidazole rings is 1. The molecule has 0 aliphatic carbocycles. The molecule has 0 amide bonds. The van der Waals surface area contributed by atoms with Crippen LogP contribution in [0.4, 0.5) is 8.78 Å². The number of halogens is 3. The van der Waals surface area contributed by atoms with Crippen molar-refractivity contribution in [2.45, 2.75) is 17.8 Å². The van der Waals surface area contributed by atoms with E-state index in [2.05, 4.69) is 4.98 Å². The van der Waals surface area contributed by atoms with Gasteiger partial charge in [-0.2, -0.15) is 0 Å². The normalized spacial score (nSPS) is 10.9. The van der Waals surface area contributed by atoms with Crippen LogP contribution in [-0.4, -0.2) is 20.6 Å². The number of carboxylic acid groups (broad SMARTS) is 1. The molecule has 134 valence electrons. The van der Waals surface area contributed by atoms with E-state index in [0.29, 0.717) is 27.0 Å². The number of aromatic carboxylic acids is 1. The standard InChI is InChI=1S/C18H13ClF2N2O2S/c1-10-2-7-14(19)13(16(10)21)9-26-18-22-8-15(17(24)25)23(18)12-5-3-11(20)4-6-12/h2-8H,9H2,1H3,(H,24,25). The number of rotatable bonds is 5. The highest BCUT2D eigenvalue weighted by Crippen LogP contribution is 2.31. The van der Waals surface area contributed by atoms with Crippen molar-refractivity contribution in [3.05, 3.63) is 76.1 Å². The third kappa shape index (κ3) is 3.59. The maximum Gasteiger partial charge on any atom is 0.354 e. The minimum absolute atomic E-state index is 0.0741. The first-order valence-corrected chi connectivity index (χ1v) is 8.88. The highest BCUT2D eigenvalue weighted by Gasteiger charge is 2.19. The van der Waals surface area contributed by atoms with Crippen LogP contribution in [0, 0.1) is 18.6 Å². The molecule has 8 heteroatoms. The van der Waals surface area contributed by atoms with Gasteiger partial charge in [0.1, 0.15) is 11.6 Å². The molecule has 0 aliphatic heterocycles. The summed E-state index contributed by atoms with van der Waals surface area (Å²) < 4.78 is 28.9. The van der Waals surface area contributed by atoms with Crippen molar-refractivity contribution in [3.8, 4) is 5.69 Å². The van der Waals surface area contributed by atoms with Crippen molar-refractivity contribution in [2.24, 2.45) is 0 Å². The van der Waals surface area contributed by atoms with Gasteiger partial charge in [0.15, 0.2) is 10.9 Å². The second-order valence-electron chi connectivity index (χ2n) is 5.49. The average Bonchev–Trinajstić information content (AvgIpc) is 3.03. The largest absolute Gasteiger partial charge is 0.477 e. The SMILES string of the molecule is Cc1ccc(Cl)c(CSc2ncc(C(=O)O)n2-c2ccc(F)cc2)c1F. The molecule has 0 radical (unpaired) electrons. The quantitative estimate of drug-likeness (QED) is 0.611. The zero-order valence-electron chi connectivity index (χ0n) is 13.5. The van der Waals surface area contributed by atoms with Crippen molar-refractivity contribution >= 4 is 29.3 Å². The molecule has 0 unspecified atom stereocenters. The molecule has 0 spiro atoms. The number of hydrogen-bond acceptors (Lipinski definition) is 3. The number of nitrogens with zero attached hydrogens (tertiary/aromatic N) is 2. The molecule has 0 atom stereocenters. The lowest BCUT2D eigenvalue weighted by Gasteiger charge is -2.11. The van der Waals surface area contributed by atoms with Crippen molar-refractivity contribution in [3.63, 3.8) is 0 Å². The van der Waals surface area contributed by atoms with E-state index in [0.717, 1.165) is 11.8 Å². The van der Waals surface area contributed by atoms with Crippen LogP contribution >= 0.6 is 23.4 Å². The van der Waals surface area contributed by atoms with E-state index in [4.69, 9.17) is 11.6 Å². The van der Waals surface area contributed by atoms with Gasteiger partial charge in [0, 0.05) is 22.0 Å². The van der Waals surface area contributed by atoms with Crippen LogP contribution in [0.25, 0.3) is 5.69 Å². The first kappa shape index (κ1) is 18.4. The Morgan fingerprint density at radius 1 is 1.23 bits per heavy atom. The third-order valence-corrected chi connectivity index (χ3v) is 5.09. The number of thioether (sulfide) groups is 1. The molecule has 3 rings (SSSR count). The predicted molar refractivity (Wildman–Crippen MR) is 96.2 cm³/mol. The Morgan fingerprint density at radius 2 is 1.92 bits per heavy atom. The Bertz CT molecular complexity index is 974. The van der Waals surface area contributed by atoms with E-state index in [1.54, 1.807) is 19.1 Å². The number of carbonyl (C=O) groups is 1. The summed E-state index contributed by atoms with van der Waals surface area (Å²) in [5, 5.41) is 10.0. The van der Waals surface area contributed by atoms with Gasteiger partial charge in [0.2, 0.25) is 0 Å². The fourth-order valence-electron chi connectivity index (χ4n) is 2.41. The summed E-state index contributed by atoms with van der Waals surface area (Å²) >= 11 is 7.23. The fourth-order valence-corrected chi connectivity index (χ4v) is 3.72. The summed E-state index contributed by atoms with van der Waals surface area (Å²) in [6, 6.07) is 8.57. The van der Waals surface area contributed by atoms with Gasteiger partial charge in [-0.1, -0.05) is 29.4 Å². The molecule has 1 N–H and O–H groups in total. The van der Waals surface area contributed by atoms with E-state index in [1.165, 1.54) is 35.0 Å². The summed E-state index contributed by atoms with van der Waals surface area (Å²) in [5.74, 6) is -1.84. The summed E-state index contributed by atoms with van der Waals surface area (Å²) in [7, 11) is 0. The van der Waals surface area contributed by atoms with E-state index < -0.39 is 17.6 Å². The monoisotopic (exact) mass is 394 g/mol. The second-order valence-corrected chi connectivity index (χ2v) is 6.84. The van der Waals surface area contributed by atoms with Crippen molar-refractivity contribution < 1.29 is 18.7 Å². The van der Waals surface area contributed by atoms with Gasteiger partial charge >= 0.3 is 5.97 Å². The molecule has 4 nitrogen and oxygen atoms in total. The van der Waals surface area contributed by atoms with Gasteiger partial charge < -0.3 is 5.11 Å². The Morgan fingerprint density at radius 3 is 2.58 bits per heavy atom. The molecule has 0 aliphatic rings. The lowest BCUT2D eigenvalue weighted by atomic mass is 10.1. The van der Waals surface area contributed by atoms with Crippen LogP contribution in [0.5, 0.6) is 0 Å². The summed E-state index contributed by atoms with van der Waals surface area (Å²) in [6.45, 7) is 1.64. The molecule has 0 fully saturated rings. The van der Waals surface area contributed by atoms with Crippen LogP contribution < -0.4 is 0 Å². The second kappa shape index (κ2) is 7.47. The number of hydrogen-bond donors (Lipinski definition) is 1. The minimum Gasteiger partial charge on any atom is -0.477 e. The van der Waals surface area contributed by atoms with Crippen LogP contribution in [0.2, 0.25) is 5.02 Å². The Kier molecular flexibility index (Phi) is 5.29.